The highest BCUT2D eigenvalue weighted by Gasteiger charge is 2.08. The predicted octanol–water partition coefficient (Wildman–Crippen LogP) is 0.778. The van der Waals surface area contributed by atoms with Crippen LogP contribution in [-0.2, 0) is 11.3 Å². The zero-order chi connectivity index (χ0) is 11.5. The van der Waals surface area contributed by atoms with Crippen molar-refractivity contribution in [1.82, 2.24) is 9.88 Å². The molecule has 0 aliphatic heterocycles. The van der Waals surface area contributed by atoms with Crippen LogP contribution < -0.4 is 0 Å². The first kappa shape index (κ1) is 10.6. The van der Waals surface area contributed by atoms with Crippen LogP contribution in [0, 0.1) is 0 Å². The molecule has 0 fully saturated rings. The van der Waals surface area contributed by atoms with E-state index in [0.29, 0.717) is 12.1 Å². The smallest absolute Gasteiger partial charge is 0.248 e. The van der Waals surface area contributed by atoms with Crippen LogP contribution in [0.1, 0.15) is 5.56 Å². The topological polar surface area (TPSA) is 66.6 Å². The Bertz CT molecular complexity index is 507. The molecule has 0 aliphatic rings. The molecule has 1 heterocycles. The Kier molecular flexibility index (Phi) is 2.87. The number of carbonyl (C=O) groups excluding carboxylic acids is 1. The number of hydrogen-bond donors (Lipinski definition) is 1. The lowest BCUT2D eigenvalue weighted by Gasteiger charge is -2.15. The quantitative estimate of drug-likeness (QED) is 0.830. The van der Waals surface area contributed by atoms with Crippen LogP contribution in [0.5, 0.6) is 0 Å². The number of aliphatic hydroxyl groups excluding tert-OH is 1. The molecule has 0 saturated carbocycles. The van der Waals surface area contributed by atoms with Crippen LogP contribution in [0.15, 0.2) is 29.0 Å². The lowest BCUT2D eigenvalue weighted by molar-refractivity contribution is -0.133. The van der Waals surface area contributed by atoms with Gasteiger partial charge in [-0.15, -0.1) is 0 Å². The van der Waals surface area contributed by atoms with Crippen LogP contribution in [-0.4, -0.2) is 34.6 Å². The number of oxazole rings is 1. The molecule has 84 valence electrons. The van der Waals surface area contributed by atoms with E-state index in [0.717, 1.165) is 11.1 Å². The van der Waals surface area contributed by atoms with Crippen molar-refractivity contribution in [2.75, 3.05) is 13.7 Å². The first-order valence-corrected chi connectivity index (χ1v) is 4.87. The summed E-state index contributed by atoms with van der Waals surface area (Å²) in [5.41, 5.74) is 2.43. The second-order valence-corrected chi connectivity index (χ2v) is 3.56. The van der Waals surface area contributed by atoms with Gasteiger partial charge < -0.3 is 14.4 Å². The summed E-state index contributed by atoms with van der Waals surface area (Å²) in [5.74, 6) is -0.308. The second kappa shape index (κ2) is 4.32. The molecule has 5 nitrogen and oxygen atoms in total. The van der Waals surface area contributed by atoms with E-state index in [9.17, 15) is 4.79 Å². The van der Waals surface area contributed by atoms with Gasteiger partial charge in [0.2, 0.25) is 5.91 Å². The van der Waals surface area contributed by atoms with Crippen molar-refractivity contribution in [2.45, 2.75) is 6.54 Å². The van der Waals surface area contributed by atoms with E-state index in [1.807, 2.05) is 18.2 Å². The zero-order valence-electron chi connectivity index (χ0n) is 8.88. The number of amides is 1. The number of hydrogen-bond acceptors (Lipinski definition) is 4. The summed E-state index contributed by atoms with van der Waals surface area (Å²) in [5, 5.41) is 8.70. The minimum Gasteiger partial charge on any atom is -0.443 e. The molecule has 0 bridgehead atoms. The van der Waals surface area contributed by atoms with E-state index in [4.69, 9.17) is 9.52 Å². The lowest BCUT2D eigenvalue weighted by atomic mass is 10.2. The number of aromatic nitrogens is 1. The number of aliphatic hydroxyl groups is 1. The van der Waals surface area contributed by atoms with Crippen molar-refractivity contribution < 1.29 is 14.3 Å². The van der Waals surface area contributed by atoms with Crippen molar-refractivity contribution in [3.8, 4) is 0 Å². The van der Waals surface area contributed by atoms with Crippen molar-refractivity contribution in [3.05, 3.63) is 30.2 Å². The molecule has 0 unspecified atom stereocenters. The second-order valence-electron chi connectivity index (χ2n) is 3.56. The van der Waals surface area contributed by atoms with Gasteiger partial charge in [0.1, 0.15) is 12.1 Å². The summed E-state index contributed by atoms with van der Waals surface area (Å²) in [6, 6.07) is 5.56. The van der Waals surface area contributed by atoms with Gasteiger partial charge in [-0.1, -0.05) is 6.07 Å². The first-order chi connectivity index (χ1) is 7.70. The van der Waals surface area contributed by atoms with Gasteiger partial charge in [-0.2, -0.15) is 0 Å². The number of rotatable bonds is 3. The van der Waals surface area contributed by atoms with Crippen molar-refractivity contribution in [3.63, 3.8) is 0 Å². The lowest BCUT2D eigenvalue weighted by Crippen LogP contribution is -2.28. The fourth-order valence-corrected chi connectivity index (χ4v) is 1.48. The molecule has 0 saturated heterocycles. The standard InChI is InChI=1S/C11H12N2O3/c1-13(11(15)6-14)5-8-2-3-9-10(4-8)16-7-12-9/h2-4,7,14H,5-6H2,1H3. The monoisotopic (exact) mass is 220 g/mol. The zero-order valence-corrected chi connectivity index (χ0v) is 8.88. The fraction of sp³-hybridized carbons (Fsp3) is 0.273. The SMILES string of the molecule is CN(Cc1ccc2ncoc2c1)C(=O)CO. The average molecular weight is 220 g/mol. The minimum absolute atomic E-state index is 0.308. The van der Waals surface area contributed by atoms with E-state index in [-0.39, 0.29) is 5.91 Å². The predicted molar refractivity (Wildman–Crippen MR) is 57.6 cm³/mol. The molecular weight excluding hydrogens is 208 g/mol. The molecule has 2 aromatic rings. The number of carbonyl (C=O) groups is 1. The molecule has 1 aromatic heterocycles. The van der Waals surface area contributed by atoms with Gasteiger partial charge in [-0.3, -0.25) is 4.79 Å². The van der Waals surface area contributed by atoms with Gasteiger partial charge in [0, 0.05) is 13.6 Å². The molecule has 2 rings (SSSR count). The Balaban J connectivity index is 2.17. The van der Waals surface area contributed by atoms with Crippen molar-refractivity contribution >= 4 is 17.0 Å². The number of nitrogens with zero attached hydrogens (tertiary/aromatic N) is 2. The van der Waals surface area contributed by atoms with Crippen LogP contribution in [0.3, 0.4) is 0 Å². The van der Waals surface area contributed by atoms with Crippen molar-refractivity contribution in [2.24, 2.45) is 0 Å². The third kappa shape index (κ3) is 2.04. The van der Waals surface area contributed by atoms with Gasteiger partial charge in [-0.25, -0.2) is 4.98 Å². The Morgan fingerprint density at radius 3 is 3.12 bits per heavy atom. The van der Waals surface area contributed by atoms with E-state index >= 15 is 0 Å². The average Bonchev–Trinajstić information content (AvgIpc) is 2.75. The molecule has 1 N–H and O–H groups in total. The Hall–Kier alpha value is -1.88. The van der Waals surface area contributed by atoms with Crippen LogP contribution in [0.2, 0.25) is 0 Å². The number of benzene rings is 1. The van der Waals surface area contributed by atoms with E-state index in [1.165, 1.54) is 11.3 Å². The summed E-state index contributed by atoms with van der Waals surface area (Å²) >= 11 is 0. The highest BCUT2D eigenvalue weighted by molar-refractivity contribution is 5.77. The van der Waals surface area contributed by atoms with Gasteiger partial charge in [-0.05, 0) is 17.7 Å². The third-order valence-corrected chi connectivity index (χ3v) is 2.38. The maximum Gasteiger partial charge on any atom is 0.248 e. The maximum atomic E-state index is 11.2. The van der Waals surface area contributed by atoms with E-state index in [2.05, 4.69) is 4.98 Å². The molecule has 0 atom stereocenters. The summed E-state index contributed by atoms with van der Waals surface area (Å²) in [4.78, 5) is 16.6. The molecule has 16 heavy (non-hydrogen) atoms. The summed E-state index contributed by atoms with van der Waals surface area (Å²) < 4.78 is 5.16. The highest BCUT2D eigenvalue weighted by Crippen LogP contribution is 2.15. The maximum absolute atomic E-state index is 11.2. The summed E-state index contributed by atoms with van der Waals surface area (Å²) in [6.07, 6.45) is 1.39. The third-order valence-electron chi connectivity index (χ3n) is 2.38. The van der Waals surface area contributed by atoms with Gasteiger partial charge >= 0.3 is 0 Å². The number of likely N-dealkylation sites (N-methyl/N-ethyl adjacent to an activating group) is 1. The van der Waals surface area contributed by atoms with Crippen LogP contribution in [0.4, 0.5) is 0 Å². The summed E-state index contributed by atoms with van der Waals surface area (Å²) in [6.45, 7) is -0.0307. The van der Waals surface area contributed by atoms with Crippen LogP contribution >= 0.6 is 0 Å². The van der Waals surface area contributed by atoms with E-state index < -0.39 is 6.61 Å². The van der Waals surface area contributed by atoms with Crippen molar-refractivity contribution in [1.29, 1.82) is 0 Å². The Labute approximate surface area is 92.3 Å². The molecule has 5 heteroatoms. The highest BCUT2D eigenvalue weighted by atomic mass is 16.3. The fourth-order valence-electron chi connectivity index (χ4n) is 1.48. The Morgan fingerprint density at radius 2 is 2.38 bits per heavy atom. The van der Waals surface area contributed by atoms with E-state index in [1.54, 1.807) is 7.05 Å². The van der Waals surface area contributed by atoms with Gasteiger partial charge in [0.25, 0.3) is 0 Å². The molecule has 0 radical (unpaired) electrons. The number of fused-ring (bicyclic) bond motifs is 1. The minimum atomic E-state index is -0.471. The Morgan fingerprint density at radius 1 is 1.56 bits per heavy atom. The molecule has 0 spiro atoms. The summed E-state index contributed by atoms with van der Waals surface area (Å²) in [7, 11) is 1.64. The molecule has 1 amide bonds. The first-order valence-electron chi connectivity index (χ1n) is 4.87. The van der Waals surface area contributed by atoms with Gasteiger partial charge in [0.05, 0.1) is 0 Å². The van der Waals surface area contributed by atoms with Gasteiger partial charge in [0.15, 0.2) is 12.0 Å². The molecular formula is C11H12N2O3. The normalized spacial score (nSPS) is 10.6. The molecule has 1 aromatic carbocycles. The van der Waals surface area contributed by atoms with Crippen LogP contribution in [0.25, 0.3) is 11.1 Å². The molecule has 0 aliphatic carbocycles. The largest absolute Gasteiger partial charge is 0.443 e.